The molecule has 0 aromatic heterocycles. The lowest BCUT2D eigenvalue weighted by Gasteiger charge is -2.35. The molecule has 5 aromatic rings. The number of aromatic hydroxyl groups is 4. The highest BCUT2D eigenvalue weighted by atomic mass is 16.3. The van der Waals surface area contributed by atoms with Crippen LogP contribution in [-0.4, -0.2) is 20.4 Å². The summed E-state index contributed by atoms with van der Waals surface area (Å²) in [6, 6.07) is 30.9. The summed E-state index contributed by atoms with van der Waals surface area (Å²) in [6.07, 6.45) is 11.5. The van der Waals surface area contributed by atoms with Crippen molar-refractivity contribution in [2.24, 2.45) is 0 Å². The molecule has 4 heteroatoms. The predicted octanol–water partition coefficient (Wildman–Crippen LogP) is 15.2. The summed E-state index contributed by atoms with van der Waals surface area (Å²) >= 11 is 0. The summed E-state index contributed by atoms with van der Waals surface area (Å²) in [5, 5.41) is 41.6. The first-order valence-corrected chi connectivity index (χ1v) is 22.4. The molecule has 5 rings (SSSR count). The van der Waals surface area contributed by atoms with Crippen molar-refractivity contribution < 1.29 is 20.4 Å². The van der Waals surface area contributed by atoms with Crippen molar-refractivity contribution in [3.05, 3.63) is 152 Å². The minimum absolute atomic E-state index is 0.144. The summed E-state index contributed by atoms with van der Waals surface area (Å²) in [5.74, 6) is 1.43. The van der Waals surface area contributed by atoms with Crippen molar-refractivity contribution >= 4 is 0 Å². The van der Waals surface area contributed by atoms with Crippen molar-refractivity contribution in [3.8, 4) is 23.0 Å². The molecule has 0 radical (unpaired) electrons. The molecule has 4 N–H and O–H groups in total. The number of benzene rings is 5. The van der Waals surface area contributed by atoms with E-state index in [2.05, 4.69) is 123 Å². The maximum atomic E-state index is 10.5. The second-order valence-corrected chi connectivity index (χ2v) is 19.9. The van der Waals surface area contributed by atoms with Crippen LogP contribution in [0.2, 0.25) is 0 Å². The van der Waals surface area contributed by atoms with Crippen molar-refractivity contribution in [3.63, 3.8) is 0 Å². The highest BCUT2D eigenvalue weighted by Crippen LogP contribution is 2.45. The lowest BCUT2D eigenvalue weighted by molar-refractivity contribution is 0.444. The van der Waals surface area contributed by atoms with E-state index in [4.69, 9.17) is 0 Å². The van der Waals surface area contributed by atoms with Crippen LogP contribution in [0.25, 0.3) is 0 Å². The van der Waals surface area contributed by atoms with E-state index >= 15 is 0 Å². The van der Waals surface area contributed by atoms with Crippen LogP contribution in [0.1, 0.15) is 181 Å². The van der Waals surface area contributed by atoms with E-state index in [0.717, 1.165) is 50.9 Å². The van der Waals surface area contributed by atoms with Crippen LogP contribution in [0.5, 0.6) is 23.0 Å². The monoisotopic (exact) mass is 813 g/mol. The highest BCUT2D eigenvalue weighted by molar-refractivity contribution is 5.56. The van der Waals surface area contributed by atoms with Crippen molar-refractivity contribution in [2.75, 3.05) is 0 Å². The van der Waals surface area contributed by atoms with E-state index in [9.17, 15) is 20.4 Å². The lowest BCUT2D eigenvalue weighted by atomic mass is 9.68. The molecule has 5 aromatic carbocycles. The molecule has 0 saturated carbocycles. The standard InChI is InChI=1S/C28H34O2.C28H42O2/c1-26(2,3)22-17-20(13-15-24(22)29)28(7,19-11-9-8-10-12-19)21-14-16-25(30)23(18-21)27(4,5)6;1-7-8-9-10-11-12-13-14-15-28(6,24-16-20(2)26(29)21(3)17-24)25-18-22(4)27(30)23(5)19-25/h8-18,29-30H,1-7H3;16-19,29-30H,7-15H2,1-6H3. The fourth-order valence-electron chi connectivity index (χ4n) is 8.78. The Morgan fingerprint density at radius 1 is 0.400 bits per heavy atom. The van der Waals surface area contributed by atoms with Gasteiger partial charge in [-0.2, -0.15) is 0 Å². The first kappa shape index (κ1) is 48.0. The van der Waals surface area contributed by atoms with Crippen LogP contribution in [0.15, 0.2) is 91.0 Å². The van der Waals surface area contributed by atoms with Gasteiger partial charge in [0, 0.05) is 10.8 Å². The Hall–Kier alpha value is -4.70. The average molecular weight is 813 g/mol. The van der Waals surface area contributed by atoms with Gasteiger partial charge in [-0.1, -0.05) is 186 Å². The number of aryl methyl sites for hydroxylation is 4. The van der Waals surface area contributed by atoms with Gasteiger partial charge in [0.1, 0.15) is 23.0 Å². The Morgan fingerprint density at radius 3 is 1.13 bits per heavy atom. The van der Waals surface area contributed by atoms with Gasteiger partial charge in [-0.15, -0.1) is 0 Å². The number of unbranched alkanes of at least 4 members (excludes halogenated alkanes) is 7. The molecule has 0 aliphatic heterocycles. The predicted molar refractivity (Wildman–Crippen MR) is 254 cm³/mol. The molecule has 60 heavy (non-hydrogen) atoms. The minimum atomic E-state index is -0.442. The maximum Gasteiger partial charge on any atom is 0.121 e. The summed E-state index contributed by atoms with van der Waals surface area (Å²) in [4.78, 5) is 0. The van der Waals surface area contributed by atoms with Gasteiger partial charge in [-0.3, -0.25) is 0 Å². The van der Waals surface area contributed by atoms with Crippen LogP contribution in [0.3, 0.4) is 0 Å². The summed E-state index contributed by atoms with van der Waals surface area (Å²) in [7, 11) is 0. The van der Waals surface area contributed by atoms with Crippen LogP contribution >= 0.6 is 0 Å². The van der Waals surface area contributed by atoms with Gasteiger partial charge in [-0.25, -0.2) is 0 Å². The smallest absolute Gasteiger partial charge is 0.121 e. The third-order valence-corrected chi connectivity index (χ3v) is 12.9. The number of phenols is 4. The van der Waals surface area contributed by atoms with Crippen LogP contribution in [0.4, 0.5) is 0 Å². The Bertz CT molecular complexity index is 2010. The van der Waals surface area contributed by atoms with E-state index in [0.29, 0.717) is 23.0 Å². The Kier molecular flexibility index (Phi) is 15.8. The number of hydrogen-bond donors (Lipinski definition) is 4. The zero-order valence-electron chi connectivity index (χ0n) is 39.3. The molecule has 324 valence electrons. The Balaban J connectivity index is 0.000000265. The molecule has 0 aliphatic rings. The van der Waals surface area contributed by atoms with Crippen LogP contribution < -0.4 is 0 Å². The lowest BCUT2D eigenvalue weighted by Crippen LogP contribution is -2.27. The van der Waals surface area contributed by atoms with E-state index in [1.165, 1.54) is 68.1 Å². The van der Waals surface area contributed by atoms with Gasteiger partial charge in [-0.05, 0) is 125 Å². The van der Waals surface area contributed by atoms with E-state index in [1.54, 1.807) is 0 Å². The average Bonchev–Trinajstić information content (AvgIpc) is 3.19. The zero-order chi connectivity index (χ0) is 44.6. The minimum Gasteiger partial charge on any atom is -0.508 e. The van der Waals surface area contributed by atoms with Gasteiger partial charge in [0.25, 0.3) is 0 Å². The van der Waals surface area contributed by atoms with Gasteiger partial charge >= 0.3 is 0 Å². The SMILES string of the molecule is CC(C)(C)c1cc(C(C)(c2ccccc2)c2ccc(O)c(C(C)(C)C)c2)ccc1O.CCCCCCCCCCC(C)(c1cc(C)c(O)c(C)c1)c1cc(C)c(O)c(C)c1. The van der Waals surface area contributed by atoms with Crippen LogP contribution in [-0.2, 0) is 21.7 Å². The van der Waals surface area contributed by atoms with Crippen molar-refractivity contribution in [1.29, 1.82) is 0 Å². The third-order valence-electron chi connectivity index (χ3n) is 12.9. The molecule has 0 fully saturated rings. The summed E-state index contributed by atoms with van der Waals surface area (Å²) < 4.78 is 0. The molecule has 0 unspecified atom stereocenters. The second-order valence-electron chi connectivity index (χ2n) is 19.9. The number of phenolic OH excluding ortho intramolecular Hbond substituents is 4. The van der Waals surface area contributed by atoms with E-state index < -0.39 is 5.41 Å². The van der Waals surface area contributed by atoms with Crippen molar-refractivity contribution in [2.45, 2.75) is 169 Å². The van der Waals surface area contributed by atoms with E-state index in [-0.39, 0.29) is 16.2 Å². The fraction of sp³-hybridized carbons (Fsp3) is 0.464. The highest BCUT2D eigenvalue weighted by Gasteiger charge is 2.35. The molecule has 4 nitrogen and oxygen atoms in total. The molecule has 0 saturated heterocycles. The first-order chi connectivity index (χ1) is 28.0. The molecule has 0 bridgehead atoms. The number of rotatable bonds is 14. The normalized spacial score (nSPS) is 12.3. The Labute approximate surface area is 363 Å². The second kappa shape index (κ2) is 19.8. The summed E-state index contributed by atoms with van der Waals surface area (Å²) in [6.45, 7) is 27.4. The zero-order valence-corrected chi connectivity index (χ0v) is 39.3. The molecule has 0 atom stereocenters. The van der Waals surface area contributed by atoms with Gasteiger partial charge in [0.2, 0.25) is 0 Å². The Morgan fingerprint density at radius 2 is 0.767 bits per heavy atom. The van der Waals surface area contributed by atoms with E-state index in [1.807, 2.05) is 58.0 Å². The molecule has 0 aliphatic carbocycles. The number of hydrogen-bond acceptors (Lipinski definition) is 4. The molecular weight excluding hydrogens is 737 g/mol. The van der Waals surface area contributed by atoms with Gasteiger partial charge in [0.15, 0.2) is 0 Å². The molecule has 0 spiro atoms. The largest absolute Gasteiger partial charge is 0.508 e. The third kappa shape index (κ3) is 11.2. The van der Waals surface area contributed by atoms with Gasteiger partial charge < -0.3 is 20.4 Å². The van der Waals surface area contributed by atoms with Gasteiger partial charge in [0.05, 0.1) is 0 Å². The quantitative estimate of drug-likeness (QED) is 0.0665. The maximum absolute atomic E-state index is 10.5. The topological polar surface area (TPSA) is 80.9 Å². The summed E-state index contributed by atoms with van der Waals surface area (Å²) in [5.41, 5.74) is 10.5. The molecule has 0 amide bonds. The molecular formula is C56H76O4. The fourth-order valence-corrected chi connectivity index (χ4v) is 8.78. The first-order valence-electron chi connectivity index (χ1n) is 22.4. The van der Waals surface area contributed by atoms with Crippen molar-refractivity contribution in [1.82, 2.24) is 0 Å². The van der Waals surface area contributed by atoms with Crippen LogP contribution in [0, 0.1) is 27.7 Å². The molecule has 0 heterocycles.